The van der Waals surface area contributed by atoms with Crippen molar-refractivity contribution in [1.82, 2.24) is 24.8 Å². The number of rotatable bonds is 8. The second-order valence-corrected chi connectivity index (χ2v) is 8.26. The van der Waals surface area contributed by atoms with Gasteiger partial charge in [0.1, 0.15) is 30.4 Å². The number of benzene rings is 1. The molecule has 34 heavy (non-hydrogen) atoms. The van der Waals surface area contributed by atoms with Crippen LogP contribution in [0.15, 0.2) is 36.9 Å². The van der Waals surface area contributed by atoms with Crippen LogP contribution in [0, 0.1) is 0 Å². The molecule has 3 heterocycles. The lowest BCUT2D eigenvalue weighted by atomic mass is 10.0. The molecule has 0 unspecified atom stereocenters. The van der Waals surface area contributed by atoms with Gasteiger partial charge < -0.3 is 35.0 Å². The van der Waals surface area contributed by atoms with E-state index in [0.29, 0.717) is 22.7 Å². The van der Waals surface area contributed by atoms with Crippen LogP contribution in [0.3, 0.4) is 0 Å². The van der Waals surface area contributed by atoms with Gasteiger partial charge in [0.15, 0.2) is 23.2 Å². The topological polar surface area (TPSA) is 155 Å². The zero-order chi connectivity index (χ0) is 24.4. The van der Waals surface area contributed by atoms with E-state index in [-0.39, 0.29) is 6.42 Å². The largest absolute Gasteiger partial charge is 0.497 e. The lowest BCUT2D eigenvalue weighted by Gasteiger charge is -2.22. The first kappa shape index (κ1) is 23.8. The van der Waals surface area contributed by atoms with Gasteiger partial charge in [0.05, 0.1) is 26.1 Å². The highest BCUT2D eigenvalue weighted by Gasteiger charge is 2.46. The first-order valence-corrected chi connectivity index (χ1v) is 10.7. The van der Waals surface area contributed by atoms with Crippen molar-refractivity contribution < 1.29 is 29.6 Å². The van der Waals surface area contributed by atoms with Crippen LogP contribution in [-0.4, -0.2) is 92.9 Å². The van der Waals surface area contributed by atoms with Crippen molar-refractivity contribution in [3.8, 4) is 5.75 Å². The van der Waals surface area contributed by atoms with Crippen molar-refractivity contribution in [3.05, 3.63) is 42.5 Å². The van der Waals surface area contributed by atoms with Crippen molar-refractivity contribution in [1.29, 1.82) is 0 Å². The van der Waals surface area contributed by atoms with Crippen LogP contribution in [0.2, 0.25) is 0 Å². The average molecular weight is 473 g/mol. The van der Waals surface area contributed by atoms with Crippen LogP contribution >= 0.6 is 0 Å². The molecular weight excluding hydrogens is 444 g/mol. The maximum Gasteiger partial charge on any atom is 0.249 e. The number of hydrogen-bond acceptors (Lipinski definition) is 10. The monoisotopic (exact) mass is 472 g/mol. The Hall–Kier alpha value is -3.32. The van der Waals surface area contributed by atoms with Gasteiger partial charge in [-0.25, -0.2) is 15.0 Å². The first-order chi connectivity index (χ1) is 16.3. The van der Waals surface area contributed by atoms with Gasteiger partial charge >= 0.3 is 0 Å². The second kappa shape index (κ2) is 9.89. The molecule has 1 fully saturated rings. The summed E-state index contributed by atoms with van der Waals surface area (Å²) < 4.78 is 12.5. The molecule has 1 amide bonds. The number of methoxy groups -OCH3 is 1. The van der Waals surface area contributed by atoms with E-state index in [0.717, 1.165) is 5.56 Å². The Morgan fingerprint density at radius 2 is 2.00 bits per heavy atom. The molecule has 0 saturated carbocycles. The molecule has 1 aliphatic rings. The van der Waals surface area contributed by atoms with Crippen molar-refractivity contribution >= 4 is 22.9 Å². The van der Waals surface area contributed by atoms with E-state index in [1.54, 1.807) is 36.3 Å². The summed E-state index contributed by atoms with van der Waals surface area (Å²) in [6.07, 6.45) is -1.52. The number of imidazole rings is 1. The van der Waals surface area contributed by atoms with E-state index in [1.807, 2.05) is 14.1 Å². The Bertz CT molecular complexity index is 1140. The van der Waals surface area contributed by atoms with Gasteiger partial charge in [-0.2, -0.15) is 0 Å². The molecule has 0 bridgehead atoms. The quantitative estimate of drug-likeness (QED) is 0.329. The zero-order valence-electron chi connectivity index (χ0n) is 19.1. The Balaban J connectivity index is 1.49. The minimum absolute atomic E-state index is 0.0725. The van der Waals surface area contributed by atoms with Crippen molar-refractivity contribution in [2.45, 2.75) is 37.0 Å². The number of nitrogens with one attached hydrogen (secondary N) is 1. The summed E-state index contributed by atoms with van der Waals surface area (Å²) in [5.74, 6) is 0.581. The van der Waals surface area contributed by atoms with Gasteiger partial charge in [-0.05, 0) is 17.7 Å². The van der Waals surface area contributed by atoms with Crippen molar-refractivity contribution in [3.63, 3.8) is 0 Å². The summed E-state index contributed by atoms with van der Waals surface area (Å²) in [4.78, 5) is 27.3. The predicted octanol–water partition coefficient (Wildman–Crippen LogP) is -0.760. The van der Waals surface area contributed by atoms with Crippen LogP contribution in [0.4, 0.5) is 5.82 Å². The fourth-order valence-corrected chi connectivity index (χ4v) is 4.00. The van der Waals surface area contributed by atoms with Crippen LogP contribution < -0.4 is 15.0 Å². The Morgan fingerprint density at radius 1 is 1.26 bits per heavy atom. The van der Waals surface area contributed by atoms with E-state index in [9.17, 15) is 20.1 Å². The van der Waals surface area contributed by atoms with Gasteiger partial charge in [0.2, 0.25) is 5.91 Å². The molecule has 1 aliphatic heterocycles. The zero-order valence-corrected chi connectivity index (χ0v) is 19.1. The Labute approximate surface area is 195 Å². The van der Waals surface area contributed by atoms with Gasteiger partial charge in [-0.15, -0.1) is 0 Å². The molecule has 182 valence electrons. The lowest BCUT2D eigenvalue weighted by Crippen LogP contribution is -2.51. The van der Waals surface area contributed by atoms with Crippen LogP contribution in [0.1, 0.15) is 11.8 Å². The Kier molecular flexibility index (Phi) is 6.93. The Morgan fingerprint density at radius 3 is 2.65 bits per heavy atom. The molecule has 5 atom stereocenters. The molecule has 1 aromatic carbocycles. The number of hydrogen-bond donors (Lipinski definition) is 4. The molecule has 0 spiro atoms. The van der Waals surface area contributed by atoms with E-state index >= 15 is 0 Å². The van der Waals surface area contributed by atoms with Crippen LogP contribution in [0.5, 0.6) is 5.75 Å². The lowest BCUT2D eigenvalue weighted by molar-refractivity contribution is -0.131. The van der Waals surface area contributed by atoms with Crippen molar-refractivity contribution in [2.75, 3.05) is 32.7 Å². The number of amides is 1. The maximum absolute atomic E-state index is 12.7. The molecule has 2 aromatic heterocycles. The van der Waals surface area contributed by atoms with Gasteiger partial charge in [-0.3, -0.25) is 9.36 Å². The molecule has 1 saturated heterocycles. The second-order valence-electron chi connectivity index (χ2n) is 8.26. The van der Waals surface area contributed by atoms with Gasteiger partial charge in [0, 0.05) is 20.5 Å². The van der Waals surface area contributed by atoms with E-state index in [2.05, 4.69) is 20.3 Å². The number of ether oxygens (including phenoxy) is 2. The minimum Gasteiger partial charge on any atom is -0.497 e. The smallest absolute Gasteiger partial charge is 0.249 e. The highest BCUT2D eigenvalue weighted by molar-refractivity contribution is 5.83. The molecule has 12 heteroatoms. The normalized spacial score (nSPS) is 23.1. The van der Waals surface area contributed by atoms with Gasteiger partial charge in [0.25, 0.3) is 0 Å². The fraction of sp³-hybridized carbons (Fsp3) is 0.455. The number of fused-ring (bicyclic) bond motifs is 1. The number of carbonyl (C=O) groups excluding carboxylic acids is 1. The molecule has 4 rings (SSSR count). The maximum atomic E-state index is 12.7. The number of aromatic nitrogens is 4. The molecule has 4 N–H and O–H groups in total. The summed E-state index contributed by atoms with van der Waals surface area (Å²) in [5.41, 5.74) is 1.70. The van der Waals surface area contributed by atoms with E-state index in [4.69, 9.17) is 9.47 Å². The molecule has 0 radical (unpaired) electrons. The first-order valence-electron chi connectivity index (χ1n) is 10.7. The number of anilines is 1. The molecule has 12 nitrogen and oxygen atoms in total. The predicted molar refractivity (Wildman–Crippen MR) is 121 cm³/mol. The summed E-state index contributed by atoms with van der Waals surface area (Å²) >= 11 is 0. The standard InChI is InChI=1S/C22H28N6O6/c1-27(2)19-17-20(24-10-23-19)28(11-25-17)22-18(31)16(15(9-29)34-22)26-21(32)14(30)8-12-4-6-13(33-3)7-5-12/h4-7,10-11,14-16,18,22,29-31H,8-9H2,1-3H3,(H,26,32)/t14-,15+,16+,18+,22+/m0/s1. The summed E-state index contributed by atoms with van der Waals surface area (Å²) in [5, 5.41) is 33.8. The summed E-state index contributed by atoms with van der Waals surface area (Å²) in [6, 6.07) is 6.02. The van der Waals surface area contributed by atoms with Gasteiger partial charge in [-0.1, -0.05) is 12.1 Å². The third-order valence-corrected chi connectivity index (χ3v) is 5.79. The summed E-state index contributed by atoms with van der Waals surface area (Å²) in [6.45, 7) is -0.447. The van der Waals surface area contributed by atoms with E-state index < -0.39 is 43.1 Å². The third-order valence-electron chi connectivity index (χ3n) is 5.79. The highest BCUT2D eigenvalue weighted by atomic mass is 16.5. The number of aliphatic hydroxyl groups is 3. The molecular formula is C22H28N6O6. The minimum atomic E-state index is -1.36. The SMILES string of the molecule is COc1ccc(C[C@H](O)C(=O)N[C@H]2[C@@H](O)[C@H](n3cnc4c(N(C)C)ncnc43)O[C@@H]2CO)cc1. The third kappa shape index (κ3) is 4.53. The summed E-state index contributed by atoms with van der Waals surface area (Å²) in [7, 11) is 5.20. The fourth-order valence-electron chi connectivity index (χ4n) is 4.00. The number of carbonyl (C=O) groups is 1. The van der Waals surface area contributed by atoms with Crippen LogP contribution in [-0.2, 0) is 16.0 Å². The van der Waals surface area contributed by atoms with Crippen molar-refractivity contribution in [2.24, 2.45) is 0 Å². The molecule has 3 aromatic rings. The average Bonchev–Trinajstić information content (AvgIpc) is 3.40. The van der Waals surface area contributed by atoms with E-state index in [1.165, 1.54) is 17.2 Å². The number of nitrogens with zero attached hydrogens (tertiary/aromatic N) is 5. The highest BCUT2D eigenvalue weighted by Crippen LogP contribution is 2.32. The van der Waals surface area contributed by atoms with Crippen LogP contribution in [0.25, 0.3) is 11.2 Å². The molecule has 0 aliphatic carbocycles. The number of aliphatic hydroxyl groups excluding tert-OH is 3.